The molecule has 1 aliphatic heterocycles. The van der Waals surface area contributed by atoms with Crippen LogP contribution in [0.2, 0.25) is 0 Å². The molecule has 156 valence electrons. The molecule has 30 heavy (non-hydrogen) atoms. The van der Waals surface area contributed by atoms with Gasteiger partial charge in [0, 0.05) is 37.0 Å². The van der Waals surface area contributed by atoms with Crippen LogP contribution in [-0.4, -0.2) is 45.0 Å². The molecule has 0 aromatic carbocycles. The number of amides is 2. The third-order valence-electron chi connectivity index (χ3n) is 5.62. The van der Waals surface area contributed by atoms with Crippen molar-refractivity contribution in [2.75, 3.05) is 18.4 Å². The molecule has 1 saturated carbocycles. The Labute approximate surface area is 174 Å². The minimum absolute atomic E-state index is 0.143. The van der Waals surface area contributed by atoms with Crippen molar-refractivity contribution >= 4 is 23.2 Å². The van der Waals surface area contributed by atoms with E-state index in [0.717, 1.165) is 24.1 Å². The highest BCUT2D eigenvalue weighted by Crippen LogP contribution is 2.39. The summed E-state index contributed by atoms with van der Waals surface area (Å²) >= 11 is 0. The van der Waals surface area contributed by atoms with Gasteiger partial charge >= 0.3 is 0 Å². The van der Waals surface area contributed by atoms with Crippen LogP contribution < -0.4 is 5.32 Å². The second-order valence-corrected chi connectivity index (χ2v) is 7.76. The first kappa shape index (κ1) is 20.0. The summed E-state index contributed by atoms with van der Waals surface area (Å²) in [6.07, 6.45) is 7.41. The zero-order valence-electron chi connectivity index (χ0n) is 16.8. The Kier molecular flexibility index (Phi) is 5.48. The number of hydrogen-bond donors (Lipinski definition) is 2. The van der Waals surface area contributed by atoms with E-state index < -0.39 is 11.7 Å². The zero-order valence-corrected chi connectivity index (χ0v) is 16.8. The largest absolute Gasteiger partial charge is 0.335 e. The van der Waals surface area contributed by atoms with Gasteiger partial charge < -0.3 is 10.2 Å². The molecule has 0 saturated heterocycles. The van der Waals surface area contributed by atoms with Crippen LogP contribution in [0.4, 0.5) is 10.2 Å². The number of carbonyl (C=O) groups excluding carboxylic acids is 2. The molecule has 7 nitrogen and oxygen atoms in total. The minimum atomic E-state index is -0.580. The second-order valence-electron chi connectivity index (χ2n) is 7.76. The highest BCUT2D eigenvalue weighted by Gasteiger charge is 2.26. The van der Waals surface area contributed by atoms with Crippen LogP contribution >= 0.6 is 0 Å². The molecule has 0 bridgehead atoms. The first-order chi connectivity index (χ1) is 14.5. The lowest BCUT2D eigenvalue weighted by Gasteiger charge is -2.25. The summed E-state index contributed by atoms with van der Waals surface area (Å²) in [5, 5.41) is 9.84. The normalized spacial score (nSPS) is 17.3. The number of rotatable bonds is 6. The first-order valence-corrected chi connectivity index (χ1v) is 10.1. The van der Waals surface area contributed by atoms with Crippen LogP contribution in [0.5, 0.6) is 0 Å². The van der Waals surface area contributed by atoms with E-state index in [1.807, 2.05) is 6.07 Å². The van der Waals surface area contributed by atoms with Gasteiger partial charge in [0.05, 0.1) is 5.92 Å². The van der Waals surface area contributed by atoms with Crippen LogP contribution in [0.15, 0.2) is 37.1 Å². The number of nitrogens with one attached hydrogen (secondary N) is 2. The van der Waals surface area contributed by atoms with Gasteiger partial charge in [-0.1, -0.05) is 12.7 Å². The van der Waals surface area contributed by atoms with Crippen LogP contribution in [0.3, 0.4) is 0 Å². The van der Waals surface area contributed by atoms with Crippen molar-refractivity contribution in [1.29, 1.82) is 0 Å². The van der Waals surface area contributed by atoms with Crippen molar-refractivity contribution < 1.29 is 14.0 Å². The average molecular weight is 409 g/mol. The van der Waals surface area contributed by atoms with E-state index in [2.05, 4.69) is 27.1 Å². The average Bonchev–Trinajstić information content (AvgIpc) is 3.51. The third kappa shape index (κ3) is 4.17. The van der Waals surface area contributed by atoms with Gasteiger partial charge in [-0.3, -0.25) is 19.7 Å². The molecule has 2 aromatic rings. The Morgan fingerprint density at radius 3 is 2.83 bits per heavy atom. The first-order valence-electron chi connectivity index (χ1n) is 10.1. The van der Waals surface area contributed by atoms with E-state index in [1.165, 1.54) is 18.3 Å². The van der Waals surface area contributed by atoms with Gasteiger partial charge in [-0.2, -0.15) is 5.10 Å². The Balaban J connectivity index is 1.43. The minimum Gasteiger partial charge on any atom is -0.335 e. The summed E-state index contributed by atoms with van der Waals surface area (Å²) in [6, 6.07) is 3.20. The highest BCUT2D eigenvalue weighted by atomic mass is 19.1. The number of hydrogen-bond acceptors (Lipinski definition) is 4. The molecule has 2 aliphatic rings. The van der Waals surface area contributed by atoms with E-state index in [1.54, 1.807) is 17.9 Å². The summed E-state index contributed by atoms with van der Waals surface area (Å²) in [6.45, 7) is 6.08. The number of carbonyl (C=O) groups is 2. The van der Waals surface area contributed by atoms with Crippen molar-refractivity contribution in [3.05, 3.63) is 59.8 Å². The van der Waals surface area contributed by atoms with Crippen LogP contribution in [0.1, 0.15) is 55.0 Å². The van der Waals surface area contributed by atoms with Crippen molar-refractivity contribution in [3.8, 4) is 0 Å². The molecular weight excluding hydrogens is 385 g/mol. The highest BCUT2D eigenvalue weighted by molar-refractivity contribution is 5.94. The number of anilines is 1. The molecule has 0 radical (unpaired) electrons. The number of halogens is 1. The van der Waals surface area contributed by atoms with Crippen LogP contribution in [0, 0.1) is 5.82 Å². The Morgan fingerprint density at radius 1 is 1.40 bits per heavy atom. The zero-order chi connectivity index (χ0) is 21.3. The lowest BCUT2D eigenvalue weighted by atomic mass is 9.99. The molecule has 2 aromatic heterocycles. The monoisotopic (exact) mass is 409 g/mol. The fourth-order valence-corrected chi connectivity index (χ4v) is 3.53. The fourth-order valence-electron chi connectivity index (χ4n) is 3.53. The maximum Gasteiger partial charge on any atom is 0.246 e. The molecule has 0 spiro atoms. The third-order valence-corrected chi connectivity index (χ3v) is 5.62. The number of aromatic nitrogens is 3. The summed E-state index contributed by atoms with van der Waals surface area (Å²) in [7, 11) is 0. The summed E-state index contributed by atoms with van der Waals surface area (Å²) in [4.78, 5) is 30.1. The maximum absolute atomic E-state index is 14.8. The van der Waals surface area contributed by atoms with E-state index in [9.17, 15) is 14.0 Å². The van der Waals surface area contributed by atoms with E-state index >= 15 is 0 Å². The predicted octanol–water partition coefficient (Wildman–Crippen LogP) is 3.37. The van der Waals surface area contributed by atoms with E-state index in [0.29, 0.717) is 36.8 Å². The van der Waals surface area contributed by atoms with Crippen molar-refractivity contribution in [2.24, 2.45) is 0 Å². The maximum atomic E-state index is 14.8. The molecule has 1 aliphatic carbocycles. The van der Waals surface area contributed by atoms with E-state index in [-0.39, 0.29) is 17.5 Å². The predicted molar refractivity (Wildman–Crippen MR) is 111 cm³/mol. The lowest BCUT2D eigenvalue weighted by molar-refractivity contribution is -0.125. The van der Waals surface area contributed by atoms with Gasteiger partial charge in [-0.15, -0.1) is 0 Å². The summed E-state index contributed by atoms with van der Waals surface area (Å²) in [5.41, 5.74) is 2.54. The van der Waals surface area contributed by atoms with Gasteiger partial charge in [-0.05, 0) is 49.5 Å². The van der Waals surface area contributed by atoms with Gasteiger partial charge in [0.15, 0.2) is 5.82 Å². The molecule has 2 N–H and O–H groups in total. The van der Waals surface area contributed by atoms with Gasteiger partial charge in [0.2, 0.25) is 11.8 Å². The standard InChI is InChI=1S/C22H24FN5O2/c1-3-20(29)28-8-6-15(7-9-28)21-17(23)10-16(12-24-21)13(2)22(30)25-19-11-18(26-27-19)14-4-5-14/h3,6,10-14H,1,4-5,7-9H2,2H3,(H2,25,26,27,30). The molecular formula is C22H24FN5O2. The van der Waals surface area contributed by atoms with E-state index in [4.69, 9.17) is 0 Å². The van der Waals surface area contributed by atoms with Gasteiger partial charge in [0.1, 0.15) is 11.5 Å². The fraction of sp³-hybridized carbons (Fsp3) is 0.364. The Bertz CT molecular complexity index is 1020. The summed E-state index contributed by atoms with van der Waals surface area (Å²) < 4.78 is 14.8. The van der Waals surface area contributed by atoms with Crippen molar-refractivity contribution in [1.82, 2.24) is 20.1 Å². The number of H-pyrrole nitrogens is 1. The Hall–Kier alpha value is -3.29. The number of aromatic amines is 1. The molecule has 1 atom stereocenters. The quantitative estimate of drug-likeness (QED) is 0.716. The molecule has 3 heterocycles. The lowest BCUT2D eigenvalue weighted by Crippen LogP contribution is -2.33. The number of nitrogens with zero attached hydrogens (tertiary/aromatic N) is 3. The van der Waals surface area contributed by atoms with Crippen LogP contribution in [-0.2, 0) is 9.59 Å². The summed E-state index contributed by atoms with van der Waals surface area (Å²) in [5.74, 6) is -0.476. The number of pyridine rings is 1. The smallest absolute Gasteiger partial charge is 0.246 e. The van der Waals surface area contributed by atoms with Gasteiger partial charge in [-0.25, -0.2) is 4.39 Å². The van der Waals surface area contributed by atoms with Crippen LogP contribution in [0.25, 0.3) is 5.57 Å². The molecule has 1 unspecified atom stereocenters. The van der Waals surface area contributed by atoms with Crippen molar-refractivity contribution in [3.63, 3.8) is 0 Å². The molecule has 1 fully saturated rings. The van der Waals surface area contributed by atoms with Crippen molar-refractivity contribution in [2.45, 2.75) is 38.0 Å². The SMILES string of the molecule is C=CC(=O)N1CC=C(c2ncc(C(C)C(=O)Nc3cc(C4CC4)[nH]n3)cc2F)CC1. The second kappa shape index (κ2) is 8.22. The molecule has 8 heteroatoms. The molecule has 2 amide bonds. The topological polar surface area (TPSA) is 91.0 Å². The molecule has 4 rings (SSSR count). The van der Waals surface area contributed by atoms with Gasteiger partial charge in [0.25, 0.3) is 0 Å². The Morgan fingerprint density at radius 2 is 2.20 bits per heavy atom.